The van der Waals surface area contributed by atoms with E-state index in [1.54, 1.807) is 6.07 Å². The van der Waals surface area contributed by atoms with Crippen molar-refractivity contribution < 1.29 is 19.4 Å². The van der Waals surface area contributed by atoms with Crippen molar-refractivity contribution in [2.45, 2.75) is 13.0 Å². The maximum absolute atomic E-state index is 11.7. The van der Waals surface area contributed by atoms with Gasteiger partial charge in [-0.25, -0.2) is 0 Å². The highest BCUT2D eigenvalue weighted by Crippen LogP contribution is 2.29. The van der Waals surface area contributed by atoms with Gasteiger partial charge in [-0.05, 0) is 18.6 Å². The first-order valence-electron chi connectivity index (χ1n) is 6.85. The topological polar surface area (TPSA) is 78.5 Å². The molecule has 0 spiro atoms. The average Bonchev–Trinajstić information content (AvgIpc) is 2.54. The van der Waals surface area contributed by atoms with E-state index in [-0.39, 0.29) is 6.61 Å². The molecule has 5 nitrogen and oxygen atoms in total. The van der Waals surface area contributed by atoms with E-state index >= 15 is 0 Å². The van der Waals surface area contributed by atoms with E-state index in [2.05, 4.69) is 5.32 Å². The molecule has 0 saturated heterocycles. The number of carboxylic acids is 1. The molecule has 0 fully saturated rings. The van der Waals surface area contributed by atoms with Gasteiger partial charge < -0.3 is 20.0 Å². The number of hydrogen-bond acceptors (Lipinski definition) is 4. The average molecular weight is 298 g/mol. The molecule has 0 aromatic heterocycles. The summed E-state index contributed by atoms with van der Waals surface area (Å²) < 4.78 is 5.51. The molecule has 1 N–H and O–H groups in total. The standard InChI is InChI=1S/C17H17NO4/c1-12(17(20)21)18-16(19)11-22-15-10-6-5-9-14(15)13-7-3-2-4-8-13/h2-10,12H,11H2,1H3,(H,18,19)(H,20,21)/p-1/t12-/m0/s1. The molecule has 1 atom stereocenters. The molecule has 22 heavy (non-hydrogen) atoms. The van der Waals surface area contributed by atoms with Gasteiger partial charge in [-0.2, -0.15) is 0 Å². The molecule has 0 bridgehead atoms. The van der Waals surface area contributed by atoms with Crippen LogP contribution < -0.4 is 15.2 Å². The highest BCUT2D eigenvalue weighted by atomic mass is 16.5. The van der Waals surface area contributed by atoms with Crippen LogP contribution in [0.1, 0.15) is 6.92 Å². The van der Waals surface area contributed by atoms with Gasteiger partial charge in [0.25, 0.3) is 5.91 Å². The quantitative estimate of drug-likeness (QED) is 0.862. The predicted molar refractivity (Wildman–Crippen MR) is 80.0 cm³/mol. The summed E-state index contributed by atoms with van der Waals surface area (Å²) in [4.78, 5) is 22.2. The maximum atomic E-state index is 11.7. The van der Waals surface area contributed by atoms with Gasteiger partial charge in [0.2, 0.25) is 0 Å². The fourth-order valence-corrected chi connectivity index (χ4v) is 1.93. The molecule has 1 amide bonds. The first-order valence-corrected chi connectivity index (χ1v) is 6.85. The lowest BCUT2D eigenvalue weighted by Crippen LogP contribution is -2.47. The number of aliphatic carboxylic acids is 1. The van der Waals surface area contributed by atoms with Crippen molar-refractivity contribution in [1.82, 2.24) is 5.32 Å². The molecule has 0 heterocycles. The molecular formula is C17H16NO4-. The molecule has 2 rings (SSSR count). The summed E-state index contributed by atoms with van der Waals surface area (Å²) in [6.45, 7) is 1.08. The second-order valence-corrected chi connectivity index (χ2v) is 4.76. The molecule has 5 heteroatoms. The van der Waals surface area contributed by atoms with Crippen LogP contribution in [0.5, 0.6) is 5.75 Å². The maximum Gasteiger partial charge on any atom is 0.258 e. The summed E-state index contributed by atoms with van der Waals surface area (Å²) in [5.74, 6) is -1.29. The Balaban J connectivity index is 2.05. The number of carbonyl (C=O) groups excluding carboxylic acids is 2. The monoisotopic (exact) mass is 298 g/mol. The molecular weight excluding hydrogens is 282 g/mol. The molecule has 0 saturated carbocycles. The predicted octanol–water partition coefficient (Wildman–Crippen LogP) is 0.987. The Hall–Kier alpha value is -2.82. The highest BCUT2D eigenvalue weighted by Gasteiger charge is 2.10. The fourth-order valence-electron chi connectivity index (χ4n) is 1.93. The highest BCUT2D eigenvalue weighted by molar-refractivity contribution is 5.83. The van der Waals surface area contributed by atoms with Crippen LogP contribution in [0.4, 0.5) is 0 Å². The molecule has 0 unspecified atom stereocenters. The summed E-state index contributed by atoms with van der Waals surface area (Å²) in [6, 6.07) is 15.9. The van der Waals surface area contributed by atoms with Gasteiger partial charge >= 0.3 is 0 Å². The van der Waals surface area contributed by atoms with Crippen molar-refractivity contribution in [1.29, 1.82) is 0 Å². The summed E-state index contributed by atoms with van der Waals surface area (Å²) in [5, 5.41) is 12.9. The lowest BCUT2D eigenvalue weighted by atomic mass is 10.1. The molecule has 0 aliphatic carbocycles. The van der Waals surface area contributed by atoms with E-state index in [9.17, 15) is 14.7 Å². The van der Waals surface area contributed by atoms with Crippen LogP contribution in [0, 0.1) is 0 Å². The van der Waals surface area contributed by atoms with Crippen molar-refractivity contribution in [2.24, 2.45) is 0 Å². The Labute approximate surface area is 128 Å². The lowest BCUT2D eigenvalue weighted by Gasteiger charge is -2.16. The van der Waals surface area contributed by atoms with E-state index in [4.69, 9.17) is 4.74 Å². The summed E-state index contributed by atoms with van der Waals surface area (Å²) in [6.07, 6.45) is 0. The number of carbonyl (C=O) groups is 2. The minimum atomic E-state index is -1.34. The Morgan fingerprint density at radius 1 is 1.09 bits per heavy atom. The van der Waals surface area contributed by atoms with Gasteiger partial charge in [0.1, 0.15) is 5.75 Å². The number of amides is 1. The lowest BCUT2D eigenvalue weighted by molar-refractivity contribution is -0.307. The smallest absolute Gasteiger partial charge is 0.258 e. The largest absolute Gasteiger partial charge is 0.548 e. The van der Waals surface area contributed by atoms with Crippen LogP contribution in [0.15, 0.2) is 54.6 Å². The number of nitrogens with one attached hydrogen (secondary N) is 1. The third-order valence-electron chi connectivity index (χ3n) is 3.06. The van der Waals surface area contributed by atoms with E-state index in [1.165, 1.54) is 6.92 Å². The van der Waals surface area contributed by atoms with Crippen LogP contribution in [-0.2, 0) is 9.59 Å². The minimum Gasteiger partial charge on any atom is -0.548 e. The van der Waals surface area contributed by atoms with Gasteiger partial charge in [-0.3, -0.25) is 4.79 Å². The third kappa shape index (κ3) is 4.09. The van der Waals surface area contributed by atoms with Crippen molar-refractivity contribution in [2.75, 3.05) is 6.61 Å². The zero-order valence-corrected chi connectivity index (χ0v) is 12.1. The first-order chi connectivity index (χ1) is 10.6. The number of carboxylic acid groups (broad SMARTS) is 1. The van der Waals surface area contributed by atoms with Crippen LogP contribution in [0.2, 0.25) is 0 Å². The van der Waals surface area contributed by atoms with E-state index in [1.807, 2.05) is 48.5 Å². The molecule has 2 aromatic carbocycles. The number of rotatable bonds is 6. The first kappa shape index (κ1) is 15.6. The van der Waals surface area contributed by atoms with Crippen molar-refractivity contribution in [3.63, 3.8) is 0 Å². The zero-order valence-electron chi connectivity index (χ0n) is 12.1. The summed E-state index contributed by atoms with van der Waals surface area (Å²) in [7, 11) is 0. The molecule has 0 aliphatic rings. The molecule has 2 aromatic rings. The Kier molecular flexibility index (Phi) is 5.14. The van der Waals surface area contributed by atoms with Crippen LogP contribution in [0.3, 0.4) is 0 Å². The summed E-state index contributed by atoms with van der Waals surface area (Å²) >= 11 is 0. The minimum absolute atomic E-state index is 0.262. The Bertz CT molecular complexity index is 655. The molecule has 0 aliphatic heterocycles. The van der Waals surface area contributed by atoms with E-state index in [0.717, 1.165) is 11.1 Å². The van der Waals surface area contributed by atoms with Crippen LogP contribution in [-0.4, -0.2) is 24.5 Å². The van der Waals surface area contributed by atoms with Crippen molar-refractivity contribution >= 4 is 11.9 Å². The number of hydrogen-bond donors (Lipinski definition) is 1. The van der Waals surface area contributed by atoms with Crippen molar-refractivity contribution in [3.05, 3.63) is 54.6 Å². The normalized spacial score (nSPS) is 11.5. The number of para-hydroxylation sites is 1. The van der Waals surface area contributed by atoms with Gasteiger partial charge in [-0.15, -0.1) is 0 Å². The van der Waals surface area contributed by atoms with Gasteiger partial charge in [0, 0.05) is 5.56 Å². The number of ether oxygens (including phenoxy) is 1. The van der Waals surface area contributed by atoms with Crippen LogP contribution in [0.25, 0.3) is 11.1 Å². The van der Waals surface area contributed by atoms with Gasteiger partial charge in [0.05, 0.1) is 12.0 Å². The second-order valence-electron chi connectivity index (χ2n) is 4.76. The summed E-state index contributed by atoms with van der Waals surface area (Å²) in [5.41, 5.74) is 1.84. The zero-order chi connectivity index (χ0) is 15.9. The van der Waals surface area contributed by atoms with Crippen LogP contribution >= 0.6 is 0 Å². The van der Waals surface area contributed by atoms with E-state index in [0.29, 0.717) is 5.75 Å². The number of benzene rings is 2. The second kappa shape index (κ2) is 7.26. The van der Waals surface area contributed by atoms with Gasteiger partial charge in [-0.1, -0.05) is 48.5 Å². The molecule has 114 valence electrons. The van der Waals surface area contributed by atoms with E-state index < -0.39 is 17.9 Å². The fraction of sp³-hybridized carbons (Fsp3) is 0.176. The van der Waals surface area contributed by atoms with Gasteiger partial charge in [0.15, 0.2) is 6.61 Å². The van der Waals surface area contributed by atoms with Crippen molar-refractivity contribution in [3.8, 4) is 16.9 Å². The Morgan fingerprint density at radius 3 is 2.41 bits per heavy atom. The molecule has 0 radical (unpaired) electrons. The third-order valence-corrected chi connectivity index (χ3v) is 3.06. The Morgan fingerprint density at radius 2 is 1.73 bits per heavy atom. The SMILES string of the molecule is C[C@H](NC(=O)COc1ccccc1-c1ccccc1)C(=O)[O-].